The second-order valence-electron chi connectivity index (χ2n) is 2.36. The molecule has 0 aliphatic rings. The maximum absolute atomic E-state index is 11.2. The first-order valence-electron chi connectivity index (χ1n) is 3.64. The summed E-state index contributed by atoms with van der Waals surface area (Å²) >= 11 is -1.21. The van der Waals surface area contributed by atoms with E-state index in [0.29, 0.717) is 10.5 Å². The van der Waals surface area contributed by atoms with Crippen LogP contribution in [0.1, 0.15) is 10.4 Å². The molecule has 0 saturated heterocycles. The van der Waals surface area contributed by atoms with Gasteiger partial charge < -0.3 is 10.3 Å². The Bertz CT molecular complexity index is 300. The van der Waals surface area contributed by atoms with E-state index < -0.39 is 17.3 Å². The van der Waals surface area contributed by atoms with Gasteiger partial charge in [0.25, 0.3) is 0 Å². The van der Waals surface area contributed by atoms with Crippen LogP contribution in [0.15, 0.2) is 29.2 Å². The highest BCUT2D eigenvalue weighted by Crippen LogP contribution is 2.09. The zero-order chi connectivity index (χ0) is 9.84. The summed E-state index contributed by atoms with van der Waals surface area (Å²) < 4.78 is 13.8. The normalized spacial score (nSPS) is 12.5. The maximum atomic E-state index is 11.2. The number of rotatable bonds is 3. The fourth-order valence-electron chi connectivity index (χ4n) is 0.861. The molecule has 0 aromatic heterocycles. The third kappa shape index (κ3) is 2.45. The largest absolute Gasteiger partial charge is 0.593 e. The lowest BCUT2D eigenvalue weighted by molar-refractivity contribution is 0.1000. The highest BCUT2D eigenvalue weighted by Gasteiger charge is 2.08. The Labute approximate surface area is 79.4 Å². The van der Waals surface area contributed by atoms with Gasteiger partial charge in [-0.3, -0.25) is 4.79 Å². The lowest BCUT2D eigenvalue weighted by atomic mass is 10.2. The molecular formula is C8H10N2O2S. The number of hydrogen-bond acceptors (Lipinski definition) is 3. The Morgan fingerprint density at radius 2 is 2.00 bits per heavy atom. The van der Waals surface area contributed by atoms with E-state index in [-0.39, 0.29) is 0 Å². The van der Waals surface area contributed by atoms with E-state index in [4.69, 9.17) is 5.73 Å². The van der Waals surface area contributed by atoms with Crippen molar-refractivity contribution in [2.24, 2.45) is 5.73 Å². The molecule has 3 N–H and O–H groups in total. The fourth-order valence-corrected chi connectivity index (χ4v) is 1.48. The summed E-state index contributed by atoms with van der Waals surface area (Å²) in [6.07, 6.45) is 0. The third-order valence-electron chi connectivity index (χ3n) is 1.54. The van der Waals surface area contributed by atoms with Crippen LogP contribution in [0.2, 0.25) is 0 Å². The molecule has 0 aliphatic heterocycles. The van der Waals surface area contributed by atoms with Gasteiger partial charge in [-0.25, -0.2) is 0 Å². The van der Waals surface area contributed by atoms with Crippen LogP contribution in [0.3, 0.4) is 0 Å². The van der Waals surface area contributed by atoms with Crippen LogP contribution in [-0.2, 0) is 11.4 Å². The summed E-state index contributed by atoms with van der Waals surface area (Å²) in [5.74, 6) is -0.484. The predicted octanol–water partition coefficient (Wildman–Crippen LogP) is 0.0275. The van der Waals surface area contributed by atoms with Crippen LogP contribution in [0.25, 0.3) is 0 Å². The molecule has 70 valence electrons. The first-order chi connectivity index (χ1) is 6.15. The summed E-state index contributed by atoms with van der Waals surface area (Å²) in [6.45, 7) is 0. The maximum Gasteiger partial charge on any atom is 0.248 e. The number of primary amides is 1. The minimum absolute atomic E-state index is 0.414. The van der Waals surface area contributed by atoms with Crippen molar-refractivity contribution >= 4 is 17.3 Å². The number of nitrogens with two attached hydrogens (primary N) is 1. The molecule has 0 fully saturated rings. The van der Waals surface area contributed by atoms with Gasteiger partial charge in [-0.15, -0.1) is 4.72 Å². The van der Waals surface area contributed by atoms with Gasteiger partial charge in [-0.1, -0.05) is 0 Å². The molecular weight excluding hydrogens is 188 g/mol. The molecule has 1 aromatic carbocycles. The molecule has 1 unspecified atom stereocenters. The monoisotopic (exact) mass is 198 g/mol. The first-order valence-corrected chi connectivity index (χ1v) is 4.79. The van der Waals surface area contributed by atoms with Crippen LogP contribution in [0, 0.1) is 0 Å². The second kappa shape index (κ2) is 4.27. The Morgan fingerprint density at radius 3 is 2.38 bits per heavy atom. The summed E-state index contributed by atoms with van der Waals surface area (Å²) in [5, 5.41) is 0. The van der Waals surface area contributed by atoms with E-state index in [0.717, 1.165) is 0 Å². The molecule has 1 aromatic rings. The molecule has 1 atom stereocenters. The van der Waals surface area contributed by atoms with Gasteiger partial charge in [0.2, 0.25) is 5.91 Å². The summed E-state index contributed by atoms with van der Waals surface area (Å²) in [4.78, 5) is 11.3. The molecule has 1 amide bonds. The van der Waals surface area contributed by atoms with Gasteiger partial charge in [0.15, 0.2) is 4.90 Å². The molecule has 0 radical (unpaired) electrons. The lowest BCUT2D eigenvalue weighted by Gasteiger charge is -2.06. The number of carbonyl (C=O) groups excluding carboxylic acids is 1. The van der Waals surface area contributed by atoms with Crippen molar-refractivity contribution in [3.05, 3.63) is 29.8 Å². The van der Waals surface area contributed by atoms with Gasteiger partial charge in [-0.05, 0) is 24.3 Å². The Kier molecular flexibility index (Phi) is 3.30. The van der Waals surface area contributed by atoms with Crippen molar-refractivity contribution in [3.8, 4) is 0 Å². The van der Waals surface area contributed by atoms with E-state index in [1.165, 1.54) is 0 Å². The molecule has 5 heteroatoms. The Hall–Kier alpha value is -1.04. The minimum atomic E-state index is -1.21. The summed E-state index contributed by atoms with van der Waals surface area (Å²) in [5.41, 5.74) is 5.46. The van der Waals surface area contributed by atoms with Crippen molar-refractivity contribution < 1.29 is 9.35 Å². The quantitative estimate of drug-likeness (QED) is 0.672. The average Bonchev–Trinajstić information content (AvgIpc) is 2.17. The summed E-state index contributed by atoms with van der Waals surface area (Å²) in [7, 11) is 1.60. The van der Waals surface area contributed by atoms with Crippen LogP contribution < -0.4 is 10.5 Å². The van der Waals surface area contributed by atoms with Gasteiger partial charge in [-0.2, -0.15) is 0 Å². The SMILES string of the molecule is CN[S+]([O-])c1ccc(C(N)=O)cc1. The van der Waals surface area contributed by atoms with Crippen LogP contribution in [0.4, 0.5) is 0 Å². The molecule has 0 saturated carbocycles. The molecule has 13 heavy (non-hydrogen) atoms. The first kappa shape index (κ1) is 10.0. The van der Waals surface area contributed by atoms with E-state index in [1.54, 1.807) is 31.3 Å². The number of benzene rings is 1. The van der Waals surface area contributed by atoms with Gasteiger partial charge in [0.1, 0.15) is 0 Å². The predicted molar refractivity (Wildman–Crippen MR) is 50.4 cm³/mol. The molecule has 0 bridgehead atoms. The van der Waals surface area contributed by atoms with Crippen LogP contribution in [0.5, 0.6) is 0 Å². The highest BCUT2D eigenvalue weighted by molar-refractivity contribution is 7.89. The van der Waals surface area contributed by atoms with Crippen molar-refractivity contribution in [2.75, 3.05) is 7.05 Å². The fraction of sp³-hybridized carbons (Fsp3) is 0.125. The summed E-state index contributed by atoms with van der Waals surface area (Å²) in [6, 6.07) is 6.30. The van der Waals surface area contributed by atoms with Crippen molar-refractivity contribution in [1.82, 2.24) is 4.72 Å². The van der Waals surface area contributed by atoms with Crippen molar-refractivity contribution in [2.45, 2.75) is 4.90 Å². The Morgan fingerprint density at radius 1 is 1.46 bits per heavy atom. The minimum Gasteiger partial charge on any atom is -0.593 e. The highest BCUT2D eigenvalue weighted by atomic mass is 32.2. The van der Waals surface area contributed by atoms with Gasteiger partial charge >= 0.3 is 0 Å². The molecule has 4 nitrogen and oxygen atoms in total. The molecule has 1 rings (SSSR count). The number of amides is 1. The van der Waals surface area contributed by atoms with Gasteiger partial charge in [0, 0.05) is 12.6 Å². The second-order valence-corrected chi connectivity index (χ2v) is 3.78. The van der Waals surface area contributed by atoms with Crippen LogP contribution in [-0.4, -0.2) is 17.5 Å². The molecule has 0 aliphatic carbocycles. The van der Waals surface area contributed by atoms with E-state index in [2.05, 4.69) is 4.72 Å². The van der Waals surface area contributed by atoms with Gasteiger partial charge in [0.05, 0.1) is 11.4 Å². The van der Waals surface area contributed by atoms with E-state index >= 15 is 0 Å². The smallest absolute Gasteiger partial charge is 0.248 e. The number of hydrogen-bond donors (Lipinski definition) is 2. The van der Waals surface area contributed by atoms with Crippen molar-refractivity contribution in [1.29, 1.82) is 0 Å². The lowest BCUT2D eigenvalue weighted by Crippen LogP contribution is -2.19. The van der Waals surface area contributed by atoms with Crippen molar-refractivity contribution in [3.63, 3.8) is 0 Å². The standard InChI is InChI=1S/C8H10N2O2S/c1-10-13(12)7-4-2-6(3-5-7)8(9)11/h2-5,10H,1H3,(H2,9,11). The topological polar surface area (TPSA) is 78.2 Å². The third-order valence-corrected chi connectivity index (χ3v) is 2.61. The molecule has 0 spiro atoms. The van der Waals surface area contributed by atoms with E-state index in [9.17, 15) is 9.35 Å². The average molecular weight is 198 g/mol. The number of carbonyl (C=O) groups is 1. The zero-order valence-corrected chi connectivity index (χ0v) is 7.93. The van der Waals surface area contributed by atoms with Crippen LogP contribution >= 0.6 is 0 Å². The molecule has 0 heterocycles. The zero-order valence-electron chi connectivity index (χ0n) is 7.11. The Balaban J connectivity index is 2.87. The number of nitrogens with one attached hydrogen (secondary N) is 1. The van der Waals surface area contributed by atoms with E-state index in [1.807, 2.05) is 0 Å².